The summed E-state index contributed by atoms with van der Waals surface area (Å²) in [6.45, 7) is 9.64. The van der Waals surface area contributed by atoms with E-state index < -0.39 is 11.6 Å². The predicted molar refractivity (Wildman–Crippen MR) is 92.8 cm³/mol. The van der Waals surface area contributed by atoms with Crippen LogP contribution in [0.15, 0.2) is 24.3 Å². The highest BCUT2D eigenvalue weighted by atomic mass is 16.2. The topological polar surface area (TPSA) is 84.2 Å². The van der Waals surface area contributed by atoms with Crippen molar-refractivity contribution < 1.29 is 9.59 Å². The summed E-state index contributed by atoms with van der Waals surface area (Å²) < 4.78 is 0. The smallest absolute Gasteiger partial charge is 0.240 e. The van der Waals surface area contributed by atoms with Gasteiger partial charge in [0.1, 0.15) is 0 Å². The Morgan fingerprint density at radius 3 is 2.22 bits per heavy atom. The monoisotopic (exact) mass is 319 g/mol. The zero-order valence-corrected chi connectivity index (χ0v) is 14.8. The first kappa shape index (κ1) is 19.2. The maximum atomic E-state index is 12.1. The first-order valence-electron chi connectivity index (χ1n) is 8.11. The largest absolute Gasteiger partial charge is 0.346 e. The van der Waals surface area contributed by atoms with E-state index in [1.54, 1.807) is 0 Å². The van der Waals surface area contributed by atoms with E-state index >= 15 is 0 Å². The highest BCUT2D eigenvalue weighted by Crippen LogP contribution is 2.20. The van der Waals surface area contributed by atoms with Gasteiger partial charge in [-0.1, -0.05) is 45.0 Å². The van der Waals surface area contributed by atoms with Crippen LogP contribution in [0.2, 0.25) is 0 Å². The van der Waals surface area contributed by atoms with Crippen molar-refractivity contribution in [1.82, 2.24) is 10.6 Å². The maximum Gasteiger partial charge on any atom is 0.240 e. The van der Waals surface area contributed by atoms with Gasteiger partial charge in [0.25, 0.3) is 0 Å². The molecule has 0 saturated heterocycles. The lowest BCUT2D eigenvalue weighted by atomic mass is 9.93. The summed E-state index contributed by atoms with van der Waals surface area (Å²) in [7, 11) is 0. The van der Waals surface area contributed by atoms with Gasteiger partial charge in [-0.25, -0.2) is 0 Å². The molecule has 0 bridgehead atoms. The molecule has 0 aromatic heterocycles. The van der Waals surface area contributed by atoms with Crippen LogP contribution in [-0.4, -0.2) is 24.4 Å². The van der Waals surface area contributed by atoms with E-state index in [2.05, 4.69) is 29.7 Å². The lowest BCUT2D eigenvalue weighted by Gasteiger charge is -2.27. The molecule has 0 unspecified atom stereocenters. The van der Waals surface area contributed by atoms with Crippen molar-refractivity contribution in [2.45, 2.75) is 52.6 Å². The average Bonchev–Trinajstić information content (AvgIpc) is 2.51. The summed E-state index contributed by atoms with van der Waals surface area (Å²) in [5.41, 5.74) is 7.52. The van der Waals surface area contributed by atoms with Crippen molar-refractivity contribution in [2.24, 2.45) is 11.7 Å². The fourth-order valence-corrected chi connectivity index (χ4v) is 2.21. The fraction of sp³-hybridized carbons (Fsp3) is 0.556. The standard InChI is InChI=1S/C18H29N3O2/c1-6-13-7-9-14(10-8-13)18(4,5)21-15(22)11-20-17(23)16(19)12(2)3/h7-10,12,16H,6,11,19H2,1-5H3,(H,20,23)(H,21,22)/t16-/m0/s1. The Morgan fingerprint density at radius 1 is 1.17 bits per heavy atom. The summed E-state index contributed by atoms with van der Waals surface area (Å²) in [4.78, 5) is 23.9. The molecule has 2 amide bonds. The average molecular weight is 319 g/mol. The van der Waals surface area contributed by atoms with Crippen molar-refractivity contribution in [3.8, 4) is 0 Å². The van der Waals surface area contributed by atoms with Crippen LogP contribution < -0.4 is 16.4 Å². The zero-order chi connectivity index (χ0) is 17.6. The SMILES string of the molecule is CCc1ccc(C(C)(C)NC(=O)CNC(=O)[C@@H](N)C(C)C)cc1. The van der Waals surface area contributed by atoms with E-state index in [1.807, 2.05) is 39.8 Å². The molecule has 1 atom stereocenters. The molecule has 5 nitrogen and oxygen atoms in total. The van der Waals surface area contributed by atoms with Crippen molar-refractivity contribution in [3.05, 3.63) is 35.4 Å². The number of carbonyl (C=O) groups excluding carboxylic acids is 2. The highest BCUT2D eigenvalue weighted by Gasteiger charge is 2.23. The third kappa shape index (κ3) is 5.67. The van der Waals surface area contributed by atoms with Gasteiger partial charge in [0.2, 0.25) is 11.8 Å². The van der Waals surface area contributed by atoms with E-state index in [9.17, 15) is 9.59 Å². The highest BCUT2D eigenvalue weighted by molar-refractivity contribution is 5.87. The van der Waals surface area contributed by atoms with Crippen LogP contribution in [0.1, 0.15) is 45.7 Å². The Balaban J connectivity index is 2.59. The first-order valence-corrected chi connectivity index (χ1v) is 8.11. The molecule has 0 aliphatic heterocycles. The Bertz CT molecular complexity index is 536. The van der Waals surface area contributed by atoms with E-state index in [4.69, 9.17) is 5.73 Å². The first-order chi connectivity index (χ1) is 10.7. The molecule has 0 saturated carbocycles. The number of aryl methyl sites for hydroxylation is 1. The van der Waals surface area contributed by atoms with Gasteiger partial charge in [-0.15, -0.1) is 0 Å². The minimum Gasteiger partial charge on any atom is -0.346 e. The van der Waals surface area contributed by atoms with Gasteiger partial charge in [0.05, 0.1) is 18.1 Å². The number of nitrogens with one attached hydrogen (secondary N) is 2. The Kier molecular flexibility index (Phi) is 6.76. The molecule has 0 fully saturated rings. The number of rotatable bonds is 7. The molecule has 1 rings (SSSR count). The van der Waals surface area contributed by atoms with Crippen LogP contribution in [0.3, 0.4) is 0 Å². The van der Waals surface area contributed by atoms with Crippen LogP contribution in [0.25, 0.3) is 0 Å². The van der Waals surface area contributed by atoms with E-state index in [0.717, 1.165) is 12.0 Å². The molecule has 0 aliphatic carbocycles. The second-order valence-corrected chi connectivity index (χ2v) is 6.71. The van der Waals surface area contributed by atoms with Crippen LogP contribution >= 0.6 is 0 Å². The third-order valence-corrected chi connectivity index (χ3v) is 3.98. The van der Waals surface area contributed by atoms with Gasteiger partial charge in [0, 0.05) is 0 Å². The number of nitrogens with two attached hydrogens (primary N) is 1. The Morgan fingerprint density at radius 2 is 1.74 bits per heavy atom. The number of amides is 2. The molecule has 1 aromatic rings. The van der Waals surface area contributed by atoms with Gasteiger partial charge < -0.3 is 16.4 Å². The summed E-state index contributed by atoms with van der Waals surface area (Å²) in [6, 6.07) is 7.57. The van der Waals surface area contributed by atoms with Crippen molar-refractivity contribution in [2.75, 3.05) is 6.54 Å². The molecule has 1 aromatic carbocycles. The van der Waals surface area contributed by atoms with Gasteiger partial charge >= 0.3 is 0 Å². The molecule has 0 heterocycles. The van der Waals surface area contributed by atoms with Gasteiger partial charge in [0.15, 0.2) is 0 Å². The Labute approximate surface area is 139 Å². The minimum absolute atomic E-state index is 0.0339. The quantitative estimate of drug-likeness (QED) is 0.715. The van der Waals surface area contributed by atoms with Crippen LogP contribution in [0, 0.1) is 5.92 Å². The molecular formula is C18H29N3O2. The number of benzene rings is 1. The molecule has 0 radical (unpaired) electrons. The van der Waals surface area contributed by atoms with Crippen molar-refractivity contribution in [3.63, 3.8) is 0 Å². The van der Waals surface area contributed by atoms with E-state index in [0.29, 0.717) is 0 Å². The predicted octanol–water partition coefficient (Wildman–Crippen LogP) is 1.70. The van der Waals surface area contributed by atoms with E-state index in [1.165, 1.54) is 5.56 Å². The lowest BCUT2D eigenvalue weighted by Crippen LogP contribution is -2.50. The van der Waals surface area contributed by atoms with Gasteiger partial charge in [-0.2, -0.15) is 0 Å². The number of hydrogen-bond donors (Lipinski definition) is 3. The lowest BCUT2D eigenvalue weighted by molar-refractivity contribution is -0.128. The number of hydrogen-bond acceptors (Lipinski definition) is 3. The summed E-state index contributed by atoms with van der Waals surface area (Å²) >= 11 is 0. The summed E-state index contributed by atoms with van der Waals surface area (Å²) in [5.74, 6) is -0.509. The zero-order valence-electron chi connectivity index (χ0n) is 14.8. The molecule has 0 spiro atoms. The maximum absolute atomic E-state index is 12.1. The van der Waals surface area contributed by atoms with Gasteiger partial charge in [-0.05, 0) is 37.3 Å². The molecule has 23 heavy (non-hydrogen) atoms. The van der Waals surface area contributed by atoms with E-state index in [-0.39, 0.29) is 24.3 Å². The minimum atomic E-state index is -0.600. The summed E-state index contributed by atoms with van der Waals surface area (Å²) in [6.07, 6.45) is 0.981. The normalized spacial score (nSPS) is 12.8. The van der Waals surface area contributed by atoms with Crippen LogP contribution in [0.5, 0.6) is 0 Å². The Hall–Kier alpha value is -1.88. The molecule has 4 N–H and O–H groups in total. The molecule has 0 aliphatic rings. The van der Waals surface area contributed by atoms with Crippen LogP contribution in [0.4, 0.5) is 0 Å². The van der Waals surface area contributed by atoms with Crippen molar-refractivity contribution >= 4 is 11.8 Å². The second kappa shape index (κ2) is 8.11. The molecule has 5 heteroatoms. The molecule has 128 valence electrons. The van der Waals surface area contributed by atoms with Crippen molar-refractivity contribution in [1.29, 1.82) is 0 Å². The second-order valence-electron chi connectivity index (χ2n) is 6.71. The van der Waals surface area contributed by atoms with Crippen LogP contribution in [-0.2, 0) is 21.5 Å². The summed E-state index contributed by atoms with van der Waals surface area (Å²) in [5, 5.41) is 5.52. The third-order valence-electron chi connectivity index (χ3n) is 3.98. The van der Waals surface area contributed by atoms with Gasteiger partial charge in [-0.3, -0.25) is 9.59 Å². The fourth-order valence-electron chi connectivity index (χ4n) is 2.21. The number of carbonyl (C=O) groups is 2. The molecular weight excluding hydrogens is 290 g/mol.